The second-order valence-electron chi connectivity index (χ2n) is 8.02. The molecule has 2 saturated heterocycles. The molecule has 0 bridgehead atoms. The van der Waals surface area contributed by atoms with E-state index in [4.69, 9.17) is 18.6 Å². The molecule has 3 fully saturated rings. The van der Waals surface area contributed by atoms with E-state index in [2.05, 4.69) is 27.7 Å². The predicted octanol–water partition coefficient (Wildman–Crippen LogP) is 2.50. The van der Waals surface area contributed by atoms with E-state index < -0.39 is 14.0 Å². The Labute approximate surface area is 123 Å². The van der Waals surface area contributed by atoms with Gasteiger partial charge in [-0.2, -0.15) is 0 Å². The molecule has 20 heavy (non-hydrogen) atoms. The lowest BCUT2D eigenvalue weighted by Gasteiger charge is -2.60. The van der Waals surface area contributed by atoms with Crippen LogP contribution < -0.4 is 0 Å². The van der Waals surface area contributed by atoms with Gasteiger partial charge in [0.25, 0.3) is 0 Å². The van der Waals surface area contributed by atoms with Crippen molar-refractivity contribution >= 4 is 14.0 Å². The first-order chi connectivity index (χ1) is 8.95. The van der Waals surface area contributed by atoms with Gasteiger partial charge in [-0.15, -0.1) is 0 Å². The maximum atomic E-state index is 6.23. The third kappa shape index (κ3) is 1.54. The zero-order valence-electron chi connectivity index (χ0n) is 13.9. The standard InChI is InChI=1S/C14H26B2O4/c1-9-10(2)14(8)13(9,7)19-16(20-14)15-17-11(3,4)12(5,6)18-15/h9-10H,1-8H3. The summed E-state index contributed by atoms with van der Waals surface area (Å²) < 4.78 is 24.6. The molecule has 2 aliphatic heterocycles. The number of hydrogen-bond donors (Lipinski definition) is 0. The second kappa shape index (κ2) is 3.83. The summed E-state index contributed by atoms with van der Waals surface area (Å²) in [6, 6.07) is 0. The fraction of sp³-hybridized carbons (Fsp3) is 1.00. The Morgan fingerprint density at radius 2 is 0.900 bits per heavy atom. The van der Waals surface area contributed by atoms with E-state index in [1.165, 1.54) is 0 Å². The van der Waals surface area contributed by atoms with E-state index in [1.54, 1.807) is 0 Å². The Kier molecular flexibility index (Phi) is 2.85. The molecule has 2 heterocycles. The minimum absolute atomic E-state index is 0.249. The van der Waals surface area contributed by atoms with Crippen LogP contribution in [0.2, 0.25) is 0 Å². The fourth-order valence-electron chi connectivity index (χ4n) is 3.83. The Hall–Kier alpha value is -0.0301. The van der Waals surface area contributed by atoms with Gasteiger partial charge in [-0.3, -0.25) is 0 Å². The molecule has 4 atom stereocenters. The largest absolute Gasteiger partial charge is 0.489 e. The van der Waals surface area contributed by atoms with Crippen molar-refractivity contribution in [2.45, 2.75) is 77.8 Å². The molecular weight excluding hydrogens is 254 g/mol. The van der Waals surface area contributed by atoms with Crippen LogP contribution in [0.15, 0.2) is 0 Å². The van der Waals surface area contributed by atoms with Gasteiger partial charge in [0.05, 0.1) is 22.4 Å². The van der Waals surface area contributed by atoms with Crippen LogP contribution in [0.4, 0.5) is 0 Å². The number of hydrogen-bond acceptors (Lipinski definition) is 4. The third-order valence-corrected chi connectivity index (χ3v) is 6.69. The molecule has 1 saturated carbocycles. The summed E-state index contributed by atoms with van der Waals surface area (Å²) in [5.41, 5.74) is -1.21. The summed E-state index contributed by atoms with van der Waals surface area (Å²) >= 11 is 0. The van der Waals surface area contributed by atoms with Crippen molar-refractivity contribution in [3.05, 3.63) is 0 Å². The topological polar surface area (TPSA) is 36.9 Å². The van der Waals surface area contributed by atoms with E-state index in [1.807, 2.05) is 27.7 Å². The predicted molar refractivity (Wildman–Crippen MR) is 79.1 cm³/mol. The first kappa shape index (κ1) is 14.9. The van der Waals surface area contributed by atoms with Crippen molar-refractivity contribution in [1.29, 1.82) is 0 Å². The van der Waals surface area contributed by atoms with Crippen LogP contribution in [-0.4, -0.2) is 36.4 Å². The third-order valence-electron chi connectivity index (χ3n) is 6.69. The van der Waals surface area contributed by atoms with Crippen LogP contribution in [0, 0.1) is 11.8 Å². The lowest BCUT2D eigenvalue weighted by molar-refractivity contribution is -0.202. The van der Waals surface area contributed by atoms with Crippen LogP contribution in [0.25, 0.3) is 0 Å². The quantitative estimate of drug-likeness (QED) is 0.691. The summed E-state index contributed by atoms with van der Waals surface area (Å²) in [5.74, 6) is 0.944. The molecule has 3 aliphatic rings. The summed E-state index contributed by atoms with van der Waals surface area (Å²) in [4.78, 5) is 0. The van der Waals surface area contributed by atoms with E-state index in [-0.39, 0.29) is 22.4 Å². The maximum absolute atomic E-state index is 6.23. The molecule has 0 spiro atoms. The normalized spacial score (nSPS) is 49.2. The van der Waals surface area contributed by atoms with Crippen molar-refractivity contribution in [1.82, 2.24) is 0 Å². The molecule has 1 aliphatic carbocycles. The van der Waals surface area contributed by atoms with Crippen LogP contribution in [0.1, 0.15) is 55.4 Å². The Balaban J connectivity index is 1.80. The van der Waals surface area contributed by atoms with Gasteiger partial charge >= 0.3 is 14.0 Å². The van der Waals surface area contributed by atoms with E-state index >= 15 is 0 Å². The Bertz CT molecular complexity index is 403. The summed E-state index contributed by atoms with van der Waals surface area (Å²) in [6.07, 6.45) is 0. The molecule has 4 nitrogen and oxygen atoms in total. The van der Waals surface area contributed by atoms with Crippen molar-refractivity contribution in [3.63, 3.8) is 0 Å². The van der Waals surface area contributed by atoms with Crippen molar-refractivity contribution in [2.24, 2.45) is 11.8 Å². The Morgan fingerprint density at radius 3 is 1.25 bits per heavy atom. The summed E-state index contributed by atoms with van der Waals surface area (Å²) in [5, 5.41) is 0. The molecule has 112 valence electrons. The molecule has 3 rings (SSSR count). The van der Waals surface area contributed by atoms with E-state index in [0.29, 0.717) is 11.8 Å². The van der Waals surface area contributed by atoms with Crippen molar-refractivity contribution in [2.75, 3.05) is 0 Å². The molecule has 0 N–H and O–H groups in total. The minimum atomic E-state index is -0.460. The fourth-order valence-corrected chi connectivity index (χ4v) is 3.83. The second-order valence-corrected chi connectivity index (χ2v) is 8.02. The zero-order chi connectivity index (χ0) is 15.1. The molecule has 4 unspecified atom stereocenters. The van der Waals surface area contributed by atoms with Gasteiger partial charge < -0.3 is 18.6 Å². The lowest BCUT2D eigenvalue weighted by Crippen LogP contribution is -2.69. The van der Waals surface area contributed by atoms with Crippen LogP contribution >= 0.6 is 0 Å². The highest BCUT2D eigenvalue weighted by Gasteiger charge is 2.74. The van der Waals surface area contributed by atoms with Gasteiger partial charge in [-0.25, -0.2) is 0 Å². The zero-order valence-corrected chi connectivity index (χ0v) is 13.9. The summed E-state index contributed by atoms with van der Waals surface area (Å²) in [7, 11) is -0.905. The van der Waals surface area contributed by atoms with Gasteiger partial charge in [0.15, 0.2) is 0 Å². The first-order valence-electron chi connectivity index (χ1n) is 7.66. The smallest absolute Gasteiger partial charge is 0.405 e. The molecule has 0 radical (unpaired) electrons. The highest BCUT2D eigenvalue weighted by molar-refractivity contribution is 7.11. The minimum Gasteiger partial charge on any atom is -0.405 e. The van der Waals surface area contributed by atoms with Crippen LogP contribution in [-0.2, 0) is 18.6 Å². The average Bonchev–Trinajstić information content (AvgIpc) is 2.70. The van der Waals surface area contributed by atoms with Crippen LogP contribution in [0.3, 0.4) is 0 Å². The van der Waals surface area contributed by atoms with Crippen molar-refractivity contribution < 1.29 is 18.6 Å². The summed E-state index contributed by atoms with van der Waals surface area (Å²) in [6.45, 7) is 16.9. The molecule has 0 aromatic carbocycles. The highest BCUT2D eigenvalue weighted by Crippen LogP contribution is 2.60. The highest BCUT2D eigenvalue weighted by atomic mass is 16.7. The molecular formula is C14H26B2O4. The van der Waals surface area contributed by atoms with Gasteiger partial charge in [0, 0.05) is 0 Å². The monoisotopic (exact) mass is 280 g/mol. The Morgan fingerprint density at radius 1 is 0.600 bits per heavy atom. The van der Waals surface area contributed by atoms with Crippen LogP contribution in [0.5, 0.6) is 0 Å². The van der Waals surface area contributed by atoms with E-state index in [0.717, 1.165) is 0 Å². The first-order valence-corrected chi connectivity index (χ1v) is 7.66. The average molecular weight is 280 g/mol. The SMILES string of the molecule is CC1C(C)C2(C)OB(B3OC(C)(C)C(C)(C)O3)OC12C. The maximum Gasteiger partial charge on any atom is 0.489 e. The van der Waals surface area contributed by atoms with E-state index in [9.17, 15) is 0 Å². The van der Waals surface area contributed by atoms with Crippen molar-refractivity contribution in [3.8, 4) is 0 Å². The molecule has 0 aromatic heterocycles. The van der Waals surface area contributed by atoms with Gasteiger partial charge in [0.2, 0.25) is 0 Å². The molecule has 0 amide bonds. The molecule has 0 aromatic rings. The number of rotatable bonds is 1. The number of fused-ring (bicyclic) bond motifs is 1. The van der Waals surface area contributed by atoms with Gasteiger partial charge in [-0.1, -0.05) is 13.8 Å². The molecule has 6 heteroatoms. The van der Waals surface area contributed by atoms with Gasteiger partial charge in [-0.05, 0) is 53.4 Å². The van der Waals surface area contributed by atoms with Gasteiger partial charge in [0.1, 0.15) is 0 Å². The lowest BCUT2D eigenvalue weighted by atomic mass is 9.49.